The van der Waals surface area contributed by atoms with Gasteiger partial charge in [0.25, 0.3) is 11.5 Å². The Morgan fingerprint density at radius 3 is 2.46 bits per heavy atom. The summed E-state index contributed by atoms with van der Waals surface area (Å²) in [6.07, 6.45) is 1.14. The van der Waals surface area contributed by atoms with Crippen molar-refractivity contribution in [3.8, 4) is 11.4 Å². The van der Waals surface area contributed by atoms with Crippen molar-refractivity contribution in [2.45, 2.75) is 0 Å². The average Bonchev–Trinajstić information content (AvgIpc) is 2.59. The zero-order valence-corrected chi connectivity index (χ0v) is 12.2. The molecular formula is C17H11F2N3O2. The van der Waals surface area contributed by atoms with Gasteiger partial charge in [0.2, 0.25) is 0 Å². The van der Waals surface area contributed by atoms with Gasteiger partial charge in [-0.3, -0.25) is 9.59 Å². The van der Waals surface area contributed by atoms with Gasteiger partial charge >= 0.3 is 0 Å². The molecule has 2 aromatic carbocycles. The third kappa shape index (κ3) is 3.19. The van der Waals surface area contributed by atoms with E-state index in [1.54, 1.807) is 24.3 Å². The van der Waals surface area contributed by atoms with Crippen LogP contribution in [0.15, 0.2) is 59.5 Å². The Labute approximate surface area is 135 Å². The number of aromatic nitrogens is 2. The van der Waals surface area contributed by atoms with Crippen LogP contribution >= 0.6 is 0 Å². The van der Waals surface area contributed by atoms with Crippen LogP contribution in [0.25, 0.3) is 11.4 Å². The average molecular weight is 327 g/mol. The molecule has 0 saturated carbocycles. The molecular weight excluding hydrogens is 316 g/mol. The van der Waals surface area contributed by atoms with E-state index in [1.165, 1.54) is 6.07 Å². The van der Waals surface area contributed by atoms with Crippen LogP contribution < -0.4 is 10.9 Å². The minimum atomic E-state index is -1.10. The van der Waals surface area contributed by atoms with Crippen LogP contribution in [0.1, 0.15) is 10.4 Å². The molecule has 1 amide bonds. The second-order valence-electron chi connectivity index (χ2n) is 4.92. The van der Waals surface area contributed by atoms with Crippen molar-refractivity contribution in [1.82, 2.24) is 9.97 Å². The number of rotatable bonds is 3. The second-order valence-corrected chi connectivity index (χ2v) is 4.92. The van der Waals surface area contributed by atoms with Crippen molar-refractivity contribution in [3.05, 3.63) is 82.3 Å². The fourth-order valence-corrected chi connectivity index (χ4v) is 2.07. The van der Waals surface area contributed by atoms with Crippen molar-refractivity contribution in [3.63, 3.8) is 0 Å². The Hall–Kier alpha value is -3.35. The Morgan fingerprint density at radius 1 is 1.04 bits per heavy atom. The van der Waals surface area contributed by atoms with Gasteiger partial charge in [0.05, 0.1) is 0 Å². The number of hydrogen-bond donors (Lipinski definition) is 2. The van der Waals surface area contributed by atoms with Crippen LogP contribution in [0.2, 0.25) is 0 Å². The van der Waals surface area contributed by atoms with E-state index >= 15 is 0 Å². The van der Waals surface area contributed by atoms with Gasteiger partial charge in [-0.05, 0) is 12.1 Å². The lowest BCUT2D eigenvalue weighted by Gasteiger charge is -2.06. The highest BCUT2D eigenvalue weighted by atomic mass is 19.2. The molecule has 0 aliphatic heterocycles. The van der Waals surface area contributed by atoms with Crippen molar-refractivity contribution in [1.29, 1.82) is 0 Å². The smallest absolute Gasteiger partial charge is 0.264 e. The molecule has 120 valence electrons. The quantitative estimate of drug-likeness (QED) is 0.776. The molecule has 0 unspecified atom stereocenters. The summed E-state index contributed by atoms with van der Waals surface area (Å²) in [6.45, 7) is 0. The number of nitrogens with one attached hydrogen (secondary N) is 2. The van der Waals surface area contributed by atoms with E-state index in [0.29, 0.717) is 11.4 Å². The number of aromatic amines is 1. The summed E-state index contributed by atoms with van der Waals surface area (Å²) < 4.78 is 26.0. The molecule has 3 rings (SSSR count). The lowest BCUT2D eigenvalue weighted by atomic mass is 10.2. The number of carbonyl (C=O) groups is 1. The molecule has 0 saturated heterocycles. The largest absolute Gasteiger partial charge is 0.322 e. The highest BCUT2D eigenvalue weighted by Gasteiger charge is 2.13. The van der Waals surface area contributed by atoms with Gasteiger partial charge < -0.3 is 10.3 Å². The normalized spacial score (nSPS) is 10.4. The summed E-state index contributed by atoms with van der Waals surface area (Å²) >= 11 is 0. The van der Waals surface area contributed by atoms with E-state index in [1.807, 2.05) is 6.07 Å². The predicted molar refractivity (Wildman–Crippen MR) is 84.6 cm³/mol. The number of H-pyrrole nitrogens is 1. The summed E-state index contributed by atoms with van der Waals surface area (Å²) in [4.78, 5) is 30.7. The Balaban J connectivity index is 1.85. The SMILES string of the molecule is O=C(Nc1ccc(F)c(F)c1)c1cnc(-c2ccccc2)[nH]c1=O. The number of anilines is 1. The van der Waals surface area contributed by atoms with Crippen LogP contribution in [0.4, 0.5) is 14.5 Å². The van der Waals surface area contributed by atoms with Gasteiger partial charge in [0.1, 0.15) is 11.4 Å². The number of halogens is 2. The first-order valence-corrected chi connectivity index (χ1v) is 6.96. The molecule has 0 bridgehead atoms. The number of nitrogens with zero attached hydrogens (tertiary/aromatic N) is 1. The fourth-order valence-electron chi connectivity index (χ4n) is 2.07. The molecule has 0 atom stereocenters. The Kier molecular flexibility index (Phi) is 4.15. The predicted octanol–water partition coefficient (Wildman–Crippen LogP) is 2.97. The van der Waals surface area contributed by atoms with Crippen LogP contribution in [0.3, 0.4) is 0 Å². The van der Waals surface area contributed by atoms with E-state index in [9.17, 15) is 18.4 Å². The van der Waals surface area contributed by atoms with Gasteiger partial charge in [-0.1, -0.05) is 30.3 Å². The van der Waals surface area contributed by atoms with Crippen LogP contribution in [0, 0.1) is 11.6 Å². The van der Waals surface area contributed by atoms with Crippen molar-refractivity contribution in [2.24, 2.45) is 0 Å². The van der Waals surface area contributed by atoms with Crippen molar-refractivity contribution in [2.75, 3.05) is 5.32 Å². The number of amides is 1. The van der Waals surface area contributed by atoms with Crippen molar-refractivity contribution >= 4 is 11.6 Å². The summed E-state index contributed by atoms with van der Waals surface area (Å²) in [5.41, 5.74) is -0.143. The van der Waals surface area contributed by atoms with E-state index in [0.717, 1.165) is 18.3 Å². The van der Waals surface area contributed by atoms with Gasteiger partial charge in [-0.25, -0.2) is 13.8 Å². The standard InChI is InChI=1S/C17H11F2N3O2/c18-13-7-6-11(8-14(13)19)21-16(23)12-9-20-15(22-17(12)24)10-4-2-1-3-5-10/h1-9H,(H,21,23)(H,20,22,24). The molecule has 2 N–H and O–H groups in total. The zero-order chi connectivity index (χ0) is 17.1. The lowest BCUT2D eigenvalue weighted by molar-refractivity contribution is 0.102. The Bertz CT molecular complexity index is 956. The van der Waals surface area contributed by atoms with Gasteiger partial charge in [-0.2, -0.15) is 0 Å². The molecule has 0 radical (unpaired) electrons. The Morgan fingerprint density at radius 2 is 1.79 bits per heavy atom. The van der Waals surface area contributed by atoms with Gasteiger partial charge in [-0.15, -0.1) is 0 Å². The third-order valence-corrected chi connectivity index (χ3v) is 3.27. The minimum Gasteiger partial charge on any atom is -0.322 e. The summed E-state index contributed by atoms with van der Waals surface area (Å²) in [7, 11) is 0. The highest BCUT2D eigenvalue weighted by molar-refractivity contribution is 6.03. The first-order valence-electron chi connectivity index (χ1n) is 6.96. The number of carbonyl (C=O) groups excluding carboxylic acids is 1. The number of benzene rings is 2. The molecule has 1 aromatic heterocycles. The van der Waals surface area contributed by atoms with Crippen LogP contribution in [-0.4, -0.2) is 15.9 Å². The molecule has 5 nitrogen and oxygen atoms in total. The van der Waals surface area contributed by atoms with Crippen LogP contribution in [-0.2, 0) is 0 Å². The maximum Gasteiger partial charge on any atom is 0.264 e. The van der Waals surface area contributed by atoms with E-state index in [4.69, 9.17) is 0 Å². The molecule has 0 aliphatic carbocycles. The third-order valence-electron chi connectivity index (χ3n) is 3.27. The monoisotopic (exact) mass is 327 g/mol. The summed E-state index contributed by atoms with van der Waals surface area (Å²) in [5, 5.41) is 2.32. The van der Waals surface area contributed by atoms with Gasteiger partial charge in [0.15, 0.2) is 11.6 Å². The molecule has 1 heterocycles. The molecule has 0 aliphatic rings. The summed E-state index contributed by atoms with van der Waals surface area (Å²) in [5.74, 6) is -2.57. The maximum atomic E-state index is 13.1. The maximum absolute atomic E-state index is 13.1. The van der Waals surface area contributed by atoms with Crippen molar-refractivity contribution < 1.29 is 13.6 Å². The summed E-state index contributed by atoms with van der Waals surface area (Å²) in [6, 6.07) is 11.8. The van der Waals surface area contributed by atoms with E-state index < -0.39 is 23.1 Å². The molecule has 7 heteroatoms. The molecule has 3 aromatic rings. The zero-order valence-electron chi connectivity index (χ0n) is 12.2. The van der Waals surface area contributed by atoms with E-state index in [2.05, 4.69) is 15.3 Å². The topological polar surface area (TPSA) is 74.8 Å². The van der Waals surface area contributed by atoms with Gasteiger partial charge in [0, 0.05) is 23.5 Å². The molecule has 0 spiro atoms. The molecule has 0 fully saturated rings. The fraction of sp³-hybridized carbons (Fsp3) is 0. The van der Waals surface area contributed by atoms with E-state index in [-0.39, 0.29) is 11.3 Å². The highest BCUT2D eigenvalue weighted by Crippen LogP contribution is 2.14. The first-order chi connectivity index (χ1) is 11.5. The number of hydrogen-bond acceptors (Lipinski definition) is 3. The molecule has 24 heavy (non-hydrogen) atoms. The minimum absolute atomic E-state index is 0.0328. The first kappa shape index (κ1) is 15.5. The lowest BCUT2D eigenvalue weighted by Crippen LogP contribution is -2.24. The second kappa shape index (κ2) is 6.41. The van der Waals surface area contributed by atoms with Crippen LogP contribution in [0.5, 0.6) is 0 Å².